The fourth-order valence-corrected chi connectivity index (χ4v) is 4.30. The van der Waals surface area contributed by atoms with Crippen LogP contribution in [0.4, 0.5) is 5.69 Å². The molecule has 0 N–H and O–H groups in total. The van der Waals surface area contributed by atoms with Gasteiger partial charge in [0.15, 0.2) is 6.61 Å². The van der Waals surface area contributed by atoms with Crippen molar-refractivity contribution < 1.29 is 22.5 Å². The number of carbonyl (C=O) groups excluding carboxylic acids is 1. The third-order valence-corrected chi connectivity index (χ3v) is 6.73. The first-order valence-corrected chi connectivity index (χ1v) is 11.5. The molecule has 0 amide bonds. The molecule has 4 aromatic rings. The molecule has 168 valence electrons. The van der Waals surface area contributed by atoms with E-state index in [1.807, 2.05) is 31.2 Å². The molecule has 0 aliphatic heterocycles. The summed E-state index contributed by atoms with van der Waals surface area (Å²) in [4.78, 5) is 16.7. The van der Waals surface area contributed by atoms with E-state index >= 15 is 0 Å². The summed E-state index contributed by atoms with van der Waals surface area (Å²) in [5.74, 6) is -0.186. The first-order chi connectivity index (χ1) is 15.8. The summed E-state index contributed by atoms with van der Waals surface area (Å²) in [7, 11) is -2.41. The molecule has 3 aromatic carbocycles. The van der Waals surface area contributed by atoms with Gasteiger partial charge in [-0.05, 0) is 37.3 Å². The van der Waals surface area contributed by atoms with E-state index in [4.69, 9.17) is 9.26 Å². The van der Waals surface area contributed by atoms with Crippen LogP contribution < -0.4 is 4.31 Å². The fraction of sp³-hybridized carbons (Fsp3) is 0.125. The van der Waals surface area contributed by atoms with E-state index in [9.17, 15) is 13.2 Å². The maximum Gasteiger partial charge on any atom is 0.338 e. The van der Waals surface area contributed by atoms with Crippen LogP contribution in [0.25, 0.3) is 11.4 Å². The van der Waals surface area contributed by atoms with Gasteiger partial charge in [-0.3, -0.25) is 4.31 Å². The van der Waals surface area contributed by atoms with Gasteiger partial charge in [0.25, 0.3) is 15.9 Å². The van der Waals surface area contributed by atoms with Crippen LogP contribution in [0.1, 0.15) is 21.8 Å². The number of sulfonamides is 1. The van der Waals surface area contributed by atoms with Crippen LogP contribution in [0.3, 0.4) is 0 Å². The molecule has 0 saturated heterocycles. The summed E-state index contributed by atoms with van der Waals surface area (Å²) in [6.45, 7) is 1.74. The Morgan fingerprint density at radius 3 is 2.45 bits per heavy atom. The maximum atomic E-state index is 13.0. The van der Waals surface area contributed by atoms with Crippen LogP contribution in [0.2, 0.25) is 0 Å². The molecule has 9 heteroatoms. The summed E-state index contributed by atoms with van der Waals surface area (Å²) < 4.78 is 37.5. The van der Waals surface area contributed by atoms with Crippen molar-refractivity contribution in [3.05, 3.63) is 95.9 Å². The summed E-state index contributed by atoms with van der Waals surface area (Å²) >= 11 is 0. The number of esters is 1. The number of aromatic nitrogens is 2. The van der Waals surface area contributed by atoms with Gasteiger partial charge >= 0.3 is 5.97 Å². The number of rotatable bonds is 7. The van der Waals surface area contributed by atoms with E-state index in [2.05, 4.69) is 10.1 Å². The number of nitrogens with zero attached hydrogens (tertiary/aromatic N) is 3. The number of aryl methyl sites for hydroxylation is 1. The van der Waals surface area contributed by atoms with Crippen LogP contribution in [-0.2, 0) is 21.4 Å². The van der Waals surface area contributed by atoms with Crippen LogP contribution in [0.5, 0.6) is 0 Å². The van der Waals surface area contributed by atoms with Crippen molar-refractivity contribution >= 4 is 21.7 Å². The Labute approximate surface area is 191 Å². The highest BCUT2D eigenvalue weighted by molar-refractivity contribution is 7.92. The SMILES string of the molecule is Cc1ccc(-c2noc(COC(=O)c3cccc(S(=O)(=O)N(C)c4ccccc4)c3)n2)cc1. The van der Waals surface area contributed by atoms with E-state index < -0.39 is 16.0 Å². The number of hydrogen-bond acceptors (Lipinski definition) is 7. The summed E-state index contributed by atoms with van der Waals surface area (Å²) in [5, 5.41) is 3.90. The average molecular weight is 464 g/mol. The number of para-hydroxylation sites is 1. The zero-order chi connectivity index (χ0) is 23.4. The lowest BCUT2D eigenvalue weighted by molar-refractivity contribution is 0.0429. The van der Waals surface area contributed by atoms with E-state index in [1.165, 1.54) is 31.3 Å². The van der Waals surface area contributed by atoms with Crippen LogP contribution in [0.15, 0.2) is 88.3 Å². The third kappa shape index (κ3) is 4.93. The van der Waals surface area contributed by atoms with Gasteiger partial charge in [0.2, 0.25) is 5.82 Å². The van der Waals surface area contributed by atoms with Crippen molar-refractivity contribution in [2.24, 2.45) is 0 Å². The van der Waals surface area contributed by atoms with Gasteiger partial charge in [0.05, 0.1) is 16.1 Å². The normalized spacial score (nSPS) is 11.2. The molecular formula is C24H21N3O5S. The van der Waals surface area contributed by atoms with Crippen LogP contribution >= 0.6 is 0 Å². The minimum absolute atomic E-state index is 0.0252. The van der Waals surface area contributed by atoms with Crippen molar-refractivity contribution in [2.75, 3.05) is 11.4 Å². The molecule has 8 nitrogen and oxygen atoms in total. The van der Waals surface area contributed by atoms with E-state index in [0.717, 1.165) is 15.4 Å². The largest absolute Gasteiger partial charge is 0.452 e. The molecule has 4 rings (SSSR count). The maximum absolute atomic E-state index is 13.0. The highest BCUT2D eigenvalue weighted by Crippen LogP contribution is 2.23. The Hall–Kier alpha value is -3.98. The van der Waals surface area contributed by atoms with Gasteiger partial charge in [0.1, 0.15) is 0 Å². The number of anilines is 1. The quantitative estimate of drug-likeness (QED) is 0.378. The second-order valence-corrected chi connectivity index (χ2v) is 9.26. The van der Waals surface area contributed by atoms with Gasteiger partial charge in [-0.2, -0.15) is 4.98 Å². The zero-order valence-corrected chi connectivity index (χ0v) is 18.8. The average Bonchev–Trinajstić information content (AvgIpc) is 3.32. The van der Waals surface area contributed by atoms with Crippen molar-refractivity contribution in [1.82, 2.24) is 10.1 Å². The van der Waals surface area contributed by atoms with Gasteiger partial charge < -0.3 is 9.26 Å². The summed E-state index contributed by atoms with van der Waals surface area (Å²) in [6, 6.07) is 21.9. The summed E-state index contributed by atoms with van der Waals surface area (Å²) in [5.41, 5.74) is 2.49. The first kappa shape index (κ1) is 22.2. The second-order valence-electron chi connectivity index (χ2n) is 7.29. The predicted octanol–water partition coefficient (Wildman–Crippen LogP) is 4.23. The van der Waals surface area contributed by atoms with Crippen molar-refractivity contribution in [3.63, 3.8) is 0 Å². The number of benzene rings is 3. The lowest BCUT2D eigenvalue weighted by atomic mass is 10.1. The lowest BCUT2D eigenvalue weighted by Crippen LogP contribution is -2.26. The minimum Gasteiger partial charge on any atom is -0.452 e. The first-order valence-electron chi connectivity index (χ1n) is 10.1. The Morgan fingerprint density at radius 2 is 1.73 bits per heavy atom. The monoisotopic (exact) mass is 463 g/mol. The molecule has 0 aliphatic rings. The molecule has 1 aromatic heterocycles. The third-order valence-electron chi connectivity index (χ3n) is 4.95. The number of ether oxygens (including phenoxy) is 1. The molecule has 1 heterocycles. The Morgan fingerprint density at radius 1 is 1.00 bits per heavy atom. The van der Waals surface area contributed by atoms with Crippen molar-refractivity contribution in [2.45, 2.75) is 18.4 Å². The summed E-state index contributed by atoms with van der Waals surface area (Å²) in [6.07, 6.45) is 0. The van der Waals surface area contributed by atoms with Gasteiger partial charge in [-0.25, -0.2) is 13.2 Å². The molecule has 0 unspecified atom stereocenters. The Bertz CT molecular complexity index is 1370. The number of carbonyl (C=O) groups is 1. The molecule has 0 fully saturated rings. The van der Waals surface area contributed by atoms with Crippen molar-refractivity contribution in [1.29, 1.82) is 0 Å². The number of hydrogen-bond donors (Lipinski definition) is 0. The highest BCUT2D eigenvalue weighted by Gasteiger charge is 2.23. The van der Waals surface area contributed by atoms with E-state index in [1.54, 1.807) is 30.3 Å². The minimum atomic E-state index is -3.86. The van der Waals surface area contributed by atoms with Crippen molar-refractivity contribution in [3.8, 4) is 11.4 Å². The fourth-order valence-electron chi connectivity index (χ4n) is 3.06. The predicted molar refractivity (Wildman–Crippen MR) is 122 cm³/mol. The van der Waals surface area contributed by atoms with E-state index in [0.29, 0.717) is 11.5 Å². The van der Waals surface area contributed by atoms with E-state index in [-0.39, 0.29) is 23.0 Å². The molecule has 0 bridgehead atoms. The highest BCUT2D eigenvalue weighted by atomic mass is 32.2. The lowest BCUT2D eigenvalue weighted by Gasteiger charge is -2.19. The molecule has 0 saturated carbocycles. The second kappa shape index (κ2) is 9.25. The van der Waals surface area contributed by atoms with Gasteiger partial charge in [0, 0.05) is 12.6 Å². The molecule has 33 heavy (non-hydrogen) atoms. The standard InChI is InChI=1S/C24H21N3O5S/c1-17-11-13-18(14-12-17)23-25-22(32-26-23)16-31-24(28)19-7-6-10-21(15-19)33(29,30)27(2)20-8-4-3-5-9-20/h3-15H,16H2,1-2H3. The molecule has 0 atom stereocenters. The topological polar surface area (TPSA) is 103 Å². The molecular weight excluding hydrogens is 442 g/mol. The Kier molecular flexibility index (Phi) is 6.23. The molecule has 0 aliphatic carbocycles. The molecule has 0 spiro atoms. The van der Waals surface area contributed by atoms with Gasteiger partial charge in [-0.1, -0.05) is 59.3 Å². The Balaban J connectivity index is 1.45. The smallest absolute Gasteiger partial charge is 0.338 e. The zero-order valence-electron chi connectivity index (χ0n) is 18.0. The van der Waals surface area contributed by atoms with Crippen LogP contribution in [0, 0.1) is 6.92 Å². The molecule has 0 radical (unpaired) electrons. The van der Waals surface area contributed by atoms with Gasteiger partial charge in [-0.15, -0.1) is 0 Å². The van der Waals surface area contributed by atoms with Crippen LogP contribution in [-0.4, -0.2) is 31.6 Å².